The predicted molar refractivity (Wildman–Crippen MR) is 73.1 cm³/mol. The van der Waals surface area contributed by atoms with Crippen molar-refractivity contribution in [3.05, 3.63) is 27.6 Å². The van der Waals surface area contributed by atoms with E-state index in [1.807, 2.05) is 27.7 Å². The maximum Gasteiger partial charge on any atom is 0.268 e. The van der Waals surface area contributed by atoms with Crippen molar-refractivity contribution < 1.29 is 4.74 Å². The first kappa shape index (κ1) is 15.2. The fourth-order valence-corrected chi connectivity index (χ4v) is 2.38. The zero-order valence-corrected chi connectivity index (χ0v) is 12.1. The van der Waals surface area contributed by atoms with E-state index < -0.39 is 0 Å². The highest BCUT2D eigenvalue weighted by Gasteiger charge is 2.26. The summed E-state index contributed by atoms with van der Waals surface area (Å²) in [6, 6.07) is 1.52. The molecule has 1 aromatic rings. The Morgan fingerprint density at radius 1 is 1.33 bits per heavy atom. The molecule has 0 saturated carbocycles. The van der Waals surface area contributed by atoms with Gasteiger partial charge < -0.3 is 4.74 Å². The lowest BCUT2D eigenvalue weighted by Gasteiger charge is -2.32. The first-order valence-corrected chi connectivity index (χ1v) is 6.84. The van der Waals surface area contributed by atoms with Gasteiger partial charge in [0, 0.05) is 6.07 Å². The van der Waals surface area contributed by atoms with E-state index in [-0.39, 0.29) is 23.8 Å². The summed E-state index contributed by atoms with van der Waals surface area (Å²) in [6.07, 6.45) is 3.47. The first-order chi connectivity index (χ1) is 8.56. The second-order valence-corrected chi connectivity index (χ2v) is 4.78. The molecule has 1 aliphatic rings. The van der Waals surface area contributed by atoms with Gasteiger partial charge in [-0.1, -0.05) is 25.4 Å². The van der Waals surface area contributed by atoms with Crippen molar-refractivity contribution in [2.45, 2.75) is 58.8 Å². The summed E-state index contributed by atoms with van der Waals surface area (Å²) in [5.41, 5.74) is -0.140. The lowest BCUT2D eigenvalue weighted by molar-refractivity contribution is -0.0514. The van der Waals surface area contributed by atoms with Crippen molar-refractivity contribution in [3.63, 3.8) is 0 Å². The van der Waals surface area contributed by atoms with Gasteiger partial charge in [-0.05, 0) is 26.7 Å². The second kappa shape index (κ2) is 6.90. The number of ether oxygens (including phenoxy) is 1. The van der Waals surface area contributed by atoms with Crippen molar-refractivity contribution in [3.8, 4) is 0 Å². The third kappa shape index (κ3) is 3.82. The van der Waals surface area contributed by atoms with E-state index in [0.29, 0.717) is 5.02 Å². The molecule has 1 saturated heterocycles. The van der Waals surface area contributed by atoms with E-state index in [0.717, 1.165) is 12.8 Å². The Labute approximate surface area is 113 Å². The number of aromatic nitrogens is 2. The monoisotopic (exact) mass is 272 g/mol. The van der Waals surface area contributed by atoms with Crippen LogP contribution in [0.5, 0.6) is 0 Å². The minimum atomic E-state index is -0.140. The highest BCUT2D eigenvalue weighted by Crippen LogP contribution is 2.27. The molecule has 0 bridgehead atoms. The molecule has 0 aliphatic carbocycles. The zero-order chi connectivity index (χ0) is 13.7. The second-order valence-electron chi connectivity index (χ2n) is 4.34. The predicted octanol–water partition coefficient (Wildman–Crippen LogP) is 3.05. The van der Waals surface area contributed by atoms with Crippen LogP contribution in [0.25, 0.3) is 0 Å². The van der Waals surface area contributed by atoms with Crippen molar-refractivity contribution in [1.82, 2.24) is 9.78 Å². The molecule has 0 N–H and O–H groups in total. The van der Waals surface area contributed by atoms with Crippen LogP contribution in [0.15, 0.2) is 17.1 Å². The summed E-state index contributed by atoms with van der Waals surface area (Å²) in [5.74, 6) is 0. The van der Waals surface area contributed by atoms with Gasteiger partial charge >= 0.3 is 0 Å². The molecule has 0 aromatic carbocycles. The van der Waals surface area contributed by atoms with Crippen LogP contribution < -0.4 is 5.56 Å². The van der Waals surface area contributed by atoms with Crippen LogP contribution in [0.2, 0.25) is 5.02 Å². The Bertz CT molecular complexity index is 423. The molecule has 1 fully saturated rings. The Balaban J connectivity index is 0.000000771. The highest BCUT2D eigenvalue weighted by atomic mass is 35.5. The van der Waals surface area contributed by atoms with Crippen LogP contribution >= 0.6 is 11.6 Å². The number of rotatable bonds is 1. The van der Waals surface area contributed by atoms with Gasteiger partial charge in [0.15, 0.2) is 0 Å². The molecule has 2 rings (SSSR count). The topological polar surface area (TPSA) is 44.1 Å². The normalized spacial score (nSPS) is 27.3. The van der Waals surface area contributed by atoms with Gasteiger partial charge in [0.25, 0.3) is 5.56 Å². The van der Waals surface area contributed by atoms with Gasteiger partial charge in [0.05, 0.1) is 29.5 Å². The van der Waals surface area contributed by atoms with Crippen LogP contribution in [0.3, 0.4) is 0 Å². The number of halogens is 1. The van der Waals surface area contributed by atoms with E-state index in [4.69, 9.17) is 16.3 Å². The molecule has 2 heterocycles. The summed E-state index contributed by atoms with van der Waals surface area (Å²) in [5, 5.41) is 4.47. The van der Waals surface area contributed by atoms with Gasteiger partial charge in [0.2, 0.25) is 0 Å². The van der Waals surface area contributed by atoms with Gasteiger partial charge in [0.1, 0.15) is 0 Å². The summed E-state index contributed by atoms with van der Waals surface area (Å²) < 4.78 is 7.15. The Hall–Kier alpha value is -0.870. The average molecular weight is 273 g/mol. The largest absolute Gasteiger partial charge is 0.375 e. The van der Waals surface area contributed by atoms with Crippen molar-refractivity contribution in [2.24, 2.45) is 0 Å². The van der Waals surface area contributed by atoms with Crippen molar-refractivity contribution >= 4 is 11.6 Å². The molecule has 4 nitrogen and oxygen atoms in total. The summed E-state index contributed by atoms with van der Waals surface area (Å²) in [6.45, 7) is 8.03. The maximum absolute atomic E-state index is 11.7. The molecule has 18 heavy (non-hydrogen) atoms. The summed E-state index contributed by atoms with van der Waals surface area (Å²) in [7, 11) is 0. The maximum atomic E-state index is 11.7. The SMILES string of the molecule is CC.C[C@@H]1CC(n2ncc(Cl)cc2=O)C[C@H](C)O1. The van der Waals surface area contributed by atoms with Crippen LogP contribution in [0.1, 0.15) is 46.6 Å². The molecule has 3 atom stereocenters. The van der Waals surface area contributed by atoms with E-state index in [9.17, 15) is 4.79 Å². The van der Waals surface area contributed by atoms with Crippen molar-refractivity contribution in [2.75, 3.05) is 0 Å². The summed E-state index contributed by atoms with van der Waals surface area (Å²) >= 11 is 5.71. The standard InChI is InChI=1S/C11H15ClN2O2.C2H6/c1-7-3-10(4-8(2)16-7)14-11(15)5-9(12)6-13-14;1-2/h5-8,10H,3-4H2,1-2H3;1-2H3/t7-,8+,10?;. The molecule has 102 valence electrons. The fourth-order valence-electron chi connectivity index (χ4n) is 2.24. The minimum absolute atomic E-state index is 0.114. The van der Waals surface area contributed by atoms with Crippen LogP contribution in [-0.2, 0) is 4.74 Å². The van der Waals surface area contributed by atoms with E-state index in [1.165, 1.54) is 16.9 Å². The lowest BCUT2D eigenvalue weighted by Crippen LogP contribution is -2.36. The number of nitrogens with zero attached hydrogens (tertiary/aromatic N) is 2. The third-order valence-electron chi connectivity index (χ3n) is 2.81. The Morgan fingerprint density at radius 3 is 2.39 bits per heavy atom. The number of hydrogen-bond donors (Lipinski definition) is 0. The molecule has 0 spiro atoms. The van der Waals surface area contributed by atoms with Gasteiger partial charge in [-0.25, -0.2) is 4.68 Å². The quantitative estimate of drug-likeness (QED) is 0.789. The van der Waals surface area contributed by atoms with Gasteiger partial charge in [-0.2, -0.15) is 5.10 Å². The smallest absolute Gasteiger partial charge is 0.268 e. The van der Waals surface area contributed by atoms with Crippen LogP contribution in [-0.4, -0.2) is 22.0 Å². The van der Waals surface area contributed by atoms with E-state index >= 15 is 0 Å². The summed E-state index contributed by atoms with van der Waals surface area (Å²) in [4.78, 5) is 11.7. The minimum Gasteiger partial charge on any atom is -0.375 e. The number of hydrogen-bond acceptors (Lipinski definition) is 3. The first-order valence-electron chi connectivity index (χ1n) is 6.46. The molecular weight excluding hydrogens is 252 g/mol. The molecule has 1 unspecified atom stereocenters. The molecular formula is C13H21ClN2O2. The van der Waals surface area contributed by atoms with Gasteiger partial charge in [-0.15, -0.1) is 0 Å². The molecule has 5 heteroatoms. The van der Waals surface area contributed by atoms with E-state index in [2.05, 4.69) is 5.10 Å². The lowest BCUT2D eigenvalue weighted by atomic mass is 10.00. The van der Waals surface area contributed by atoms with Crippen LogP contribution in [0.4, 0.5) is 0 Å². The Morgan fingerprint density at radius 2 is 1.89 bits per heavy atom. The van der Waals surface area contributed by atoms with E-state index in [1.54, 1.807) is 0 Å². The highest BCUT2D eigenvalue weighted by molar-refractivity contribution is 6.30. The third-order valence-corrected chi connectivity index (χ3v) is 3.02. The zero-order valence-electron chi connectivity index (χ0n) is 11.4. The Kier molecular flexibility index (Phi) is 5.82. The molecule has 0 amide bonds. The molecule has 1 aromatic heterocycles. The average Bonchev–Trinajstić information content (AvgIpc) is 2.30. The molecule has 1 aliphatic heterocycles. The van der Waals surface area contributed by atoms with Crippen molar-refractivity contribution in [1.29, 1.82) is 0 Å². The van der Waals surface area contributed by atoms with Gasteiger partial charge in [-0.3, -0.25) is 4.79 Å². The molecule has 0 radical (unpaired) electrons. The van der Waals surface area contributed by atoms with Crippen LogP contribution in [0, 0.1) is 0 Å². The fraction of sp³-hybridized carbons (Fsp3) is 0.692.